The molecule has 0 amide bonds. The first-order valence-corrected chi connectivity index (χ1v) is 8.04. The number of thiophene rings is 1. The molecule has 0 aliphatic heterocycles. The van der Waals surface area contributed by atoms with E-state index >= 15 is 0 Å². The molecule has 0 bridgehead atoms. The normalized spacial score (nSPS) is 11.0. The molecule has 0 saturated heterocycles. The van der Waals surface area contributed by atoms with Crippen LogP contribution in [0.25, 0.3) is 0 Å². The number of nitriles is 1. The average Bonchev–Trinajstić information content (AvgIpc) is 2.95. The third kappa shape index (κ3) is 3.66. The van der Waals surface area contributed by atoms with Gasteiger partial charge in [-0.05, 0) is 29.8 Å². The summed E-state index contributed by atoms with van der Waals surface area (Å²) >= 11 is 0.877. The number of carboxylic acid groups (broad SMARTS) is 1. The monoisotopic (exact) mass is 322 g/mol. The zero-order chi connectivity index (χ0) is 15.5. The topological polar surface area (TPSA) is 107 Å². The molecule has 0 unspecified atom stereocenters. The summed E-state index contributed by atoms with van der Waals surface area (Å²) < 4.78 is 26.5. The Bertz CT molecular complexity index is 819. The quantitative estimate of drug-likeness (QED) is 0.872. The Labute approximate surface area is 125 Å². The van der Waals surface area contributed by atoms with Crippen LogP contribution in [-0.4, -0.2) is 19.5 Å². The molecule has 0 spiro atoms. The minimum Gasteiger partial charge on any atom is -0.478 e. The van der Waals surface area contributed by atoms with Crippen LogP contribution in [-0.2, 0) is 16.6 Å². The third-order valence-electron chi connectivity index (χ3n) is 2.60. The summed E-state index contributed by atoms with van der Waals surface area (Å²) in [4.78, 5) is 11.2. The van der Waals surface area contributed by atoms with Crippen molar-refractivity contribution in [2.75, 3.05) is 0 Å². The van der Waals surface area contributed by atoms with Crippen LogP contribution >= 0.6 is 11.3 Å². The Hall–Kier alpha value is -2.21. The van der Waals surface area contributed by atoms with Crippen molar-refractivity contribution in [2.45, 2.75) is 10.8 Å². The number of hydrogen-bond acceptors (Lipinski definition) is 5. The van der Waals surface area contributed by atoms with Crippen molar-refractivity contribution in [3.8, 4) is 6.07 Å². The highest BCUT2D eigenvalue weighted by Crippen LogP contribution is 2.20. The van der Waals surface area contributed by atoms with Crippen LogP contribution in [0.3, 0.4) is 0 Å². The van der Waals surface area contributed by atoms with Gasteiger partial charge in [-0.2, -0.15) is 5.26 Å². The Morgan fingerprint density at radius 3 is 2.71 bits per heavy atom. The van der Waals surface area contributed by atoms with Crippen molar-refractivity contribution in [3.05, 3.63) is 52.4 Å². The van der Waals surface area contributed by atoms with Crippen molar-refractivity contribution in [1.29, 1.82) is 5.26 Å². The highest BCUT2D eigenvalue weighted by atomic mass is 32.2. The second kappa shape index (κ2) is 6.05. The summed E-state index contributed by atoms with van der Waals surface area (Å²) in [6.45, 7) is -0.0246. The maximum Gasteiger partial charge on any atom is 0.335 e. The molecule has 2 N–H and O–H groups in total. The van der Waals surface area contributed by atoms with Crippen LogP contribution in [0.4, 0.5) is 0 Å². The lowest BCUT2D eigenvalue weighted by molar-refractivity contribution is 0.0696. The lowest BCUT2D eigenvalue weighted by atomic mass is 10.1. The van der Waals surface area contributed by atoms with E-state index in [0.29, 0.717) is 10.4 Å². The van der Waals surface area contributed by atoms with E-state index < -0.39 is 16.0 Å². The molecule has 0 radical (unpaired) electrons. The van der Waals surface area contributed by atoms with Crippen molar-refractivity contribution >= 4 is 27.3 Å². The molecule has 1 aromatic carbocycles. The van der Waals surface area contributed by atoms with Crippen LogP contribution in [0.2, 0.25) is 0 Å². The van der Waals surface area contributed by atoms with Crippen molar-refractivity contribution < 1.29 is 18.3 Å². The fourth-order valence-electron chi connectivity index (χ4n) is 1.59. The maximum atomic E-state index is 12.0. The summed E-state index contributed by atoms with van der Waals surface area (Å²) in [5.74, 6) is -1.07. The van der Waals surface area contributed by atoms with Crippen LogP contribution in [0.15, 0.2) is 40.6 Å². The Kier molecular flexibility index (Phi) is 4.37. The number of benzene rings is 1. The molecule has 0 atom stereocenters. The minimum atomic E-state index is -3.71. The van der Waals surface area contributed by atoms with E-state index in [9.17, 15) is 13.2 Å². The first kappa shape index (κ1) is 15.2. The number of sulfonamides is 1. The average molecular weight is 322 g/mol. The Morgan fingerprint density at radius 2 is 2.10 bits per heavy atom. The Morgan fingerprint density at radius 1 is 1.33 bits per heavy atom. The fourth-order valence-corrected chi connectivity index (χ4v) is 3.75. The molecule has 21 heavy (non-hydrogen) atoms. The predicted molar refractivity (Wildman–Crippen MR) is 76.5 cm³/mol. The van der Waals surface area contributed by atoms with Crippen molar-refractivity contribution in [3.63, 3.8) is 0 Å². The van der Waals surface area contributed by atoms with E-state index in [4.69, 9.17) is 10.4 Å². The molecule has 1 heterocycles. The van der Waals surface area contributed by atoms with Gasteiger partial charge in [0.1, 0.15) is 15.2 Å². The van der Waals surface area contributed by atoms with E-state index in [1.165, 1.54) is 24.3 Å². The summed E-state index contributed by atoms with van der Waals surface area (Å²) in [6.07, 6.45) is 0. The smallest absolute Gasteiger partial charge is 0.335 e. The highest BCUT2D eigenvalue weighted by molar-refractivity contribution is 7.91. The fraction of sp³-hybridized carbons (Fsp3) is 0.0769. The predicted octanol–water partition coefficient (Wildman–Crippen LogP) is 1.80. The van der Waals surface area contributed by atoms with Gasteiger partial charge in [-0.25, -0.2) is 17.9 Å². The van der Waals surface area contributed by atoms with Crippen molar-refractivity contribution in [2.24, 2.45) is 0 Å². The first-order chi connectivity index (χ1) is 9.92. The standard InChI is InChI=1S/C13H10N2O4S2/c14-7-11-4-5-12(20-11)21(18,19)15-8-9-2-1-3-10(6-9)13(16)17/h1-6,15H,8H2,(H,16,17). The number of carbonyl (C=O) groups is 1. The molecule has 2 aromatic rings. The van der Waals surface area contributed by atoms with E-state index in [2.05, 4.69) is 4.72 Å². The van der Waals surface area contributed by atoms with Crippen LogP contribution in [0.5, 0.6) is 0 Å². The molecule has 8 heteroatoms. The number of nitrogens with one attached hydrogen (secondary N) is 1. The summed E-state index contributed by atoms with van der Waals surface area (Å²) in [5.41, 5.74) is 0.630. The van der Waals surface area contributed by atoms with Crippen molar-refractivity contribution in [1.82, 2.24) is 4.72 Å². The van der Waals surface area contributed by atoms with E-state index in [0.717, 1.165) is 11.3 Å². The van der Waals surface area contributed by atoms with E-state index in [1.54, 1.807) is 12.1 Å². The number of aromatic carboxylic acids is 1. The largest absolute Gasteiger partial charge is 0.478 e. The van der Waals surface area contributed by atoms with Gasteiger partial charge < -0.3 is 5.11 Å². The lowest BCUT2D eigenvalue weighted by Gasteiger charge is -2.05. The van der Waals surface area contributed by atoms with Gasteiger partial charge in [0.2, 0.25) is 10.0 Å². The molecule has 1 aromatic heterocycles. The second-order valence-corrected chi connectivity index (χ2v) is 7.14. The van der Waals surface area contributed by atoms with Crippen LogP contribution in [0, 0.1) is 11.3 Å². The number of hydrogen-bond donors (Lipinski definition) is 2. The summed E-state index contributed by atoms with van der Waals surface area (Å²) in [5, 5.41) is 17.6. The number of rotatable bonds is 5. The zero-order valence-corrected chi connectivity index (χ0v) is 12.2. The molecule has 108 valence electrons. The summed E-state index contributed by atoms with van der Waals surface area (Å²) in [7, 11) is -3.71. The third-order valence-corrected chi connectivity index (χ3v) is 5.48. The molecule has 0 aliphatic rings. The van der Waals surface area contributed by atoms with Gasteiger partial charge in [-0.1, -0.05) is 12.1 Å². The molecule has 0 aliphatic carbocycles. The molecule has 0 fully saturated rings. The molecule has 0 saturated carbocycles. The van der Waals surface area contributed by atoms with Gasteiger partial charge in [-0.3, -0.25) is 0 Å². The second-order valence-electron chi connectivity index (χ2n) is 4.06. The molecule has 2 rings (SSSR count). The SMILES string of the molecule is N#Cc1ccc(S(=O)(=O)NCc2cccc(C(=O)O)c2)s1. The van der Waals surface area contributed by atoms with Gasteiger partial charge in [0, 0.05) is 6.54 Å². The summed E-state index contributed by atoms with van der Waals surface area (Å²) in [6, 6.07) is 10.7. The van der Waals surface area contributed by atoms with E-state index in [1.807, 2.05) is 6.07 Å². The number of nitrogens with zero attached hydrogens (tertiary/aromatic N) is 1. The number of carboxylic acids is 1. The van der Waals surface area contributed by atoms with Gasteiger partial charge in [0.25, 0.3) is 0 Å². The van der Waals surface area contributed by atoms with Gasteiger partial charge >= 0.3 is 5.97 Å². The lowest BCUT2D eigenvalue weighted by Crippen LogP contribution is -2.22. The molecular weight excluding hydrogens is 312 g/mol. The molecule has 6 nitrogen and oxygen atoms in total. The van der Waals surface area contributed by atoms with Gasteiger partial charge in [0.15, 0.2) is 0 Å². The minimum absolute atomic E-state index is 0.0246. The van der Waals surface area contributed by atoms with Crippen LogP contribution in [0.1, 0.15) is 20.8 Å². The highest BCUT2D eigenvalue weighted by Gasteiger charge is 2.16. The van der Waals surface area contributed by atoms with Crippen LogP contribution < -0.4 is 4.72 Å². The van der Waals surface area contributed by atoms with E-state index in [-0.39, 0.29) is 16.3 Å². The zero-order valence-electron chi connectivity index (χ0n) is 10.6. The maximum absolute atomic E-state index is 12.0. The molecular formula is C13H10N2O4S2. The first-order valence-electron chi connectivity index (χ1n) is 5.74. The Balaban J connectivity index is 2.13. The van der Waals surface area contributed by atoms with Gasteiger partial charge in [-0.15, -0.1) is 11.3 Å². The van der Waals surface area contributed by atoms with Gasteiger partial charge in [0.05, 0.1) is 5.56 Å².